The Morgan fingerprint density at radius 3 is 2.38 bits per heavy atom. The first-order chi connectivity index (χ1) is 16.6. The van der Waals surface area contributed by atoms with Crippen LogP contribution in [0.2, 0.25) is 0 Å². The quantitative estimate of drug-likeness (QED) is 0.268. The van der Waals surface area contributed by atoms with Gasteiger partial charge in [-0.3, -0.25) is 9.59 Å². The number of hydrogen-bond donors (Lipinski definition) is 2. The van der Waals surface area contributed by atoms with E-state index in [0.717, 1.165) is 23.3 Å². The van der Waals surface area contributed by atoms with E-state index in [1.165, 1.54) is 6.21 Å². The molecule has 7 nitrogen and oxygen atoms in total. The number of rotatable bonds is 10. The highest BCUT2D eigenvalue weighted by molar-refractivity contribution is 6.05. The average Bonchev–Trinajstić information content (AvgIpc) is 2.88. The third-order valence-corrected chi connectivity index (χ3v) is 4.67. The van der Waals surface area contributed by atoms with E-state index in [1.54, 1.807) is 43.5 Å². The highest BCUT2D eigenvalue weighted by Gasteiger charge is 2.14. The monoisotopic (exact) mass is 457 g/mol. The van der Waals surface area contributed by atoms with Gasteiger partial charge in [0.25, 0.3) is 11.8 Å². The van der Waals surface area contributed by atoms with Gasteiger partial charge in [-0.1, -0.05) is 49.4 Å². The summed E-state index contributed by atoms with van der Waals surface area (Å²) >= 11 is 0. The van der Waals surface area contributed by atoms with Crippen LogP contribution in [0.15, 0.2) is 89.7 Å². The minimum atomic E-state index is -0.560. The molecule has 0 bridgehead atoms. The molecule has 2 amide bonds. The fourth-order valence-electron chi connectivity index (χ4n) is 2.94. The summed E-state index contributed by atoms with van der Waals surface area (Å²) < 4.78 is 10.8. The number of nitrogens with zero attached hydrogens (tertiary/aromatic N) is 1. The number of benzene rings is 3. The molecule has 0 heterocycles. The second kappa shape index (κ2) is 12.6. The Kier molecular flexibility index (Phi) is 8.99. The van der Waals surface area contributed by atoms with E-state index in [0.29, 0.717) is 17.9 Å². The Labute approximate surface area is 199 Å². The van der Waals surface area contributed by atoms with Crippen molar-refractivity contribution < 1.29 is 19.1 Å². The van der Waals surface area contributed by atoms with Crippen molar-refractivity contribution in [1.82, 2.24) is 10.7 Å². The van der Waals surface area contributed by atoms with Gasteiger partial charge in [-0.05, 0) is 60.0 Å². The zero-order valence-electron chi connectivity index (χ0n) is 19.2. The molecule has 0 aliphatic heterocycles. The van der Waals surface area contributed by atoms with E-state index < -0.39 is 11.8 Å². The number of hydrazone groups is 1. The van der Waals surface area contributed by atoms with E-state index in [1.807, 2.05) is 55.5 Å². The Hall–Kier alpha value is -4.39. The molecule has 0 aliphatic carbocycles. The minimum absolute atomic E-state index is 0.0545. The van der Waals surface area contributed by atoms with E-state index in [-0.39, 0.29) is 5.70 Å². The number of nitrogens with one attached hydrogen (secondary N) is 2. The van der Waals surface area contributed by atoms with Crippen molar-refractivity contribution in [2.24, 2.45) is 5.10 Å². The van der Waals surface area contributed by atoms with Gasteiger partial charge in [-0.25, -0.2) is 5.43 Å². The lowest BCUT2D eigenvalue weighted by Gasteiger charge is -2.10. The Morgan fingerprint density at radius 1 is 0.912 bits per heavy atom. The molecule has 0 radical (unpaired) electrons. The van der Waals surface area contributed by atoms with Crippen LogP contribution in [-0.2, 0) is 4.79 Å². The number of methoxy groups -OCH3 is 1. The maximum Gasteiger partial charge on any atom is 0.287 e. The Bertz CT molecular complexity index is 1160. The van der Waals surface area contributed by atoms with E-state index in [9.17, 15) is 9.59 Å². The maximum absolute atomic E-state index is 12.9. The van der Waals surface area contributed by atoms with Crippen molar-refractivity contribution in [3.8, 4) is 11.5 Å². The summed E-state index contributed by atoms with van der Waals surface area (Å²) in [6, 6.07) is 23.2. The van der Waals surface area contributed by atoms with Crippen molar-refractivity contribution in [2.45, 2.75) is 13.3 Å². The molecule has 3 aromatic carbocycles. The van der Waals surface area contributed by atoms with Crippen LogP contribution in [0.3, 0.4) is 0 Å². The van der Waals surface area contributed by atoms with Crippen LogP contribution < -0.4 is 20.2 Å². The lowest BCUT2D eigenvalue weighted by atomic mass is 10.1. The molecule has 0 fully saturated rings. The first kappa shape index (κ1) is 24.3. The molecule has 0 aromatic heterocycles. The highest BCUT2D eigenvalue weighted by Crippen LogP contribution is 2.15. The van der Waals surface area contributed by atoms with Crippen LogP contribution in [0.25, 0.3) is 6.08 Å². The first-order valence-electron chi connectivity index (χ1n) is 10.9. The Balaban J connectivity index is 1.78. The van der Waals surface area contributed by atoms with Crippen molar-refractivity contribution in [2.75, 3.05) is 13.7 Å². The molecular weight excluding hydrogens is 430 g/mol. The number of amides is 2. The SMILES string of the molecule is CCCOc1ccc(/C=C(\NC(=O)c2ccccc2)C(=O)N/N=C\c2cccc(OC)c2)cc1. The molecule has 0 aliphatic rings. The van der Waals surface area contributed by atoms with Crippen LogP contribution in [0.5, 0.6) is 11.5 Å². The largest absolute Gasteiger partial charge is 0.497 e. The topological polar surface area (TPSA) is 89.0 Å². The number of carbonyl (C=O) groups excluding carboxylic acids is 2. The fourth-order valence-corrected chi connectivity index (χ4v) is 2.94. The smallest absolute Gasteiger partial charge is 0.287 e. The van der Waals surface area contributed by atoms with Crippen LogP contribution in [0, 0.1) is 0 Å². The summed E-state index contributed by atoms with van der Waals surface area (Å²) in [4.78, 5) is 25.6. The van der Waals surface area contributed by atoms with E-state index in [2.05, 4.69) is 15.8 Å². The molecule has 3 aromatic rings. The molecule has 2 N–H and O–H groups in total. The summed E-state index contributed by atoms with van der Waals surface area (Å²) in [5, 5.41) is 6.70. The molecular formula is C27H27N3O4. The normalized spacial score (nSPS) is 11.2. The van der Waals surface area contributed by atoms with Crippen LogP contribution in [-0.4, -0.2) is 31.7 Å². The van der Waals surface area contributed by atoms with Gasteiger partial charge in [0.2, 0.25) is 0 Å². The predicted octanol–water partition coefficient (Wildman–Crippen LogP) is 4.41. The zero-order chi connectivity index (χ0) is 24.2. The zero-order valence-corrected chi connectivity index (χ0v) is 19.2. The maximum atomic E-state index is 12.9. The predicted molar refractivity (Wildman–Crippen MR) is 133 cm³/mol. The summed E-state index contributed by atoms with van der Waals surface area (Å²) in [6.45, 7) is 2.66. The van der Waals surface area contributed by atoms with Crippen molar-refractivity contribution in [3.05, 3.63) is 101 Å². The van der Waals surface area contributed by atoms with Crippen LogP contribution >= 0.6 is 0 Å². The molecule has 3 rings (SSSR count). The molecule has 7 heteroatoms. The summed E-state index contributed by atoms with van der Waals surface area (Å²) in [5.74, 6) is 0.454. The third-order valence-electron chi connectivity index (χ3n) is 4.67. The van der Waals surface area contributed by atoms with Crippen molar-refractivity contribution in [1.29, 1.82) is 0 Å². The lowest BCUT2D eigenvalue weighted by molar-refractivity contribution is -0.117. The van der Waals surface area contributed by atoms with Gasteiger partial charge < -0.3 is 14.8 Å². The van der Waals surface area contributed by atoms with Crippen LogP contribution in [0.1, 0.15) is 34.8 Å². The second-order valence-corrected chi connectivity index (χ2v) is 7.27. The molecule has 0 saturated heterocycles. The van der Waals surface area contributed by atoms with E-state index in [4.69, 9.17) is 9.47 Å². The van der Waals surface area contributed by atoms with Gasteiger partial charge >= 0.3 is 0 Å². The first-order valence-corrected chi connectivity index (χ1v) is 10.9. The van der Waals surface area contributed by atoms with Crippen LogP contribution in [0.4, 0.5) is 0 Å². The van der Waals surface area contributed by atoms with Crippen molar-refractivity contribution >= 4 is 24.1 Å². The van der Waals surface area contributed by atoms with Gasteiger partial charge in [0.05, 0.1) is 19.9 Å². The number of ether oxygens (including phenoxy) is 2. The molecule has 34 heavy (non-hydrogen) atoms. The lowest BCUT2D eigenvalue weighted by Crippen LogP contribution is -2.32. The summed E-state index contributed by atoms with van der Waals surface area (Å²) in [7, 11) is 1.58. The summed E-state index contributed by atoms with van der Waals surface area (Å²) in [5.41, 5.74) is 4.43. The molecule has 0 atom stereocenters. The molecule has 174 valence electrons. The van der Waals surface area contributed by atoms with Gasteiger partial charge in [0.15, 0.2) is 0 Å². The molecule has 0 spiro atoms. The Morgan fingerprint density at radius 2 is 1.68 bits per heavy atom. The third kappa shape index (κ3) is 7.34. The minimum Gasteiger partial charge on any atom is -0.497 e. The van der Waals surface area contributed by atoms with Gasteiger partial charge in [0.1, 0.15) is 17.2 Å². The number of hydrogen-bond acceptors (Lipinski definition) is 5. The van der Waals surface area contributed by atoms with Gasteiger partial charge in [-0.2, -0.15) is 5.10 Å². The van der Waals surface area contributed by atoms with Gasteiger partial charge in [0, 0.05) is 5.56 Å². The summed E-state index contributed by atoms with van der Waals surface area (Å²) in [6.07, 6.45) is 3.99. The fraction of sp³-hybridized carbons (Fsp3) is 0.148. The van der Waals surface area contributed by atoms with E-state index >= 15 is 0 Å². The van der Waals surface area contributed by atoms with Gasteiger partial charge in [-0.15, -0.1) is 0 Å². The highest BCUT2D eigenvalue weighted by atomic mass is 16.5. The molecule has 0 saturated carbocycles. The standard InChI is InChI=1S/C27H27N3O4/c1-3-16-34-23-14-12-20(13-15-23)18-25(29-26(31)22-9-5-4-6-10-22)27(32)30-28-19-21-8-7-11-24(17-21)33-2/h4-15,17-19H,3,16H2,1-2H3,(H,29,31)(H,30,32)/b25-18-,28-19-. The molecule has 0 unspecified atom stereocenters. The average molecular weight is 458 g/mol. The van der Waals surface area contributed by atoms with Crippen molar-refractivity contribution in [3.63, 3.8) is 0 Å². The second-order valence-electron chi connectivity index (χ2n) is 7.27. The number of carbonyl (C=O) groups is 2.